The maximum Gasteiger partial charge on any atom is 0.422 e. The number of halogens is 3. The van der Waals surface area contributed by atoms with Gasteiger partial charge < -0.3 is 15.0 Å². The standard InChI is InChI=1S/C20H18F3N3O2/c1-13(17-8-7-15(11-25-17)28-12-20(21,22)23)26-19(27)9-6-14-10-24-18-5-3-2-4-16(14)18/h2-11,13,24H,12H2,1H3,(H,26,27)/b9-6+. The average molecular weight is 389 g/mol. The minimum absolute atomic E-state index is 0.0128. The minimum atomic E-state index is -4.41. The molecule has 1 amide bonds. The molecule has 0 saturated heterocycles. The molecule has 0 radical (unpaired) electrons. The lowest BCUT2D eigenvalue weighted by Crippen LogP contribution is -2.25. The number of fused-ring (bicyclic) bond motifs is 1. The number of amides is 1. The summed E-state index contributed by atoms with van der Waals surface area (Å²) in [5.41, 5.74) is 2.38. The summed E-state index contributed by atoms with van der Waals surface area (Å²) in [6, 6.07) is 10.2. The Balaban J connectivity index is 1.58. The number of rotatable bonds is 6. The Bertz CT molecular complexity index is 978. The molecule has 28 heavy (non-hydrogen) atoms. The number of aromatic amines is 1. The summed E-state index contributed by atoms with van der Waals surface area (Å²) in [5, 5.41) is 3.77. The predicted molar refractivity (Wildman–Crippen MR) is 99.7 cm³/mol. The van der Waals surface area contributed by atoms with Crippen LogP contribution in [-0.4, -0.2) is 28.7 Å². The van der Waals surface area contributed by atoms with Gasteiger partial charge in [0, 0.05) is 23.2 Å². The molecule has 3 rings (SSSR count). The molecule has 0 aliphatic carbocycles. The highest BCUT2D eigenvalue weighted by molar-refractivity contribution is 5.96. The van der Waals surface area contributed by atoms with Crippen molar-refractivity contribution >= 4 is 22.9 Å². The van der Waals surface area contributed by atoms with Gasteiger partial charge in [-0.2, -0.15) is 13.2 Å². The first-order valence-corrected chi connectivity index (χ1v) is 8.52. The Labute approximate surface area is 159 Å². The Morgan fingerprint density at radius 3 is 2.79 bits per heavy atom. The highest BCUT2D eigenvalue weighted by Gasteiger charge is 2.28. The van der Waals surface area contributed by atoms with Crippen LogP contribution in [0.5, 0.6) is 5.75 Å². The van der Waals surface area contributed by atoms with Crippen molar-refractivity contribution in [1.82, 2.24) is 15.3 Å². The van der Waals surface area contributed by atoms with E-state index in [1.165, 1.54) is 24.4 Å². The number of para-hydroxylation sites is 1. The molecule has 2 N–H and O–H groups in total. The second-order valence-electron chi connectivity index (χ2n) is 6.18. The van der Waals surface area contributed by atoms with E-state index in [0.29, 0.717) is 5.69 Å². The average Bonchev–Trinajstić information content (AvgIpc) is 3.08. The molecule has 0 bridgehead atoms. The lowest BCUT2D eigenvalue weighted by Gasteiger charge is -2.13. The van der Waals surface area contributed by atoms with Gasteiger partial charge >= 0.3 is 6.18 Å². The van der Waals surface area contributed by atoms with Crippen LogP contribution in [0.15, 0.2) is 54.9 Å². The molecular weight excluding hydrogens is 371 g/mol. The number of hydrogen-bond donors (Lipinski definition) is 2. The maximum absolute atomic E-state index is 12.2. The zero-order chi connectivity index (χ0) is 20.1. The van der Waals surface area contributed by atoms with Crippen molar-refractivity contribution in [1.29, 1.82) is 0 Å². The summed E-state index contributed by atoms with van der Waals surface area (Å²) in [5.74, 6) is -0.296. The maximum atomic E-state index is 12.2. The summed E-state index contributed by atoms with van der Waals surface area (Å²) >= 11 is 0. The van der Waals surface area contributed by atoms with Crippen LogP contribution in [0, 0.1) is 0 Å². The van der Waals surface area contributed by atoms with Gasteiger partial charge in [-0.05, 0) is 36.8 Å². The van der Waals surface area contributed by atoms with Gasteiger partial charge in [-0.3, -0.25) is 9.78 Å². The van der Waals surface area contributed by atoms with Crippen LogP contribution in [0.4, 0.5) is 13.2 Å². The Hall–Kier alpha value is -3.29. The number of benzene rings is 1. The van der Waals surface area contributed by atoms with Crippen LogP contribution in [-0.2, 0) is 4.79 Å². The molecule has 2 heterocycles. The SMILES string of the molecule is CC(NC(=O)/C=C/c1c[nH]c2ccccc12)c1ccc(OCC(F)(F)F)cn1. The van der Waals surface area contributed by atoms with E-state index in [1.807, 2.05) is 30.5 Å². The molecule has 0 fully saturated rings. The molecule has 0 saturated carbocycles. The molecular formula is C20H18F3N3O2. The van der Waals surface area contributed by atoms with Gasteiger partial charge in [-0.15, -0.1) is 0 Å². The molecule has 0 aliphatic heterocycles. The van der Waals surface area contributed by atoms with Gasteiger partial charge in [0.15, 0.2) is 6.61 Å². The monoisotopic (exact) mass is 389 g/mol. The number of nitrogens with one attached hydrogen (secondary N) is 2. The Morgan fingerprint density at radius 2 is 2.07 bits per heavy atom. The lowest BCUT2D eigenvalue weighted by atomic mass is 10.1. The summed E-state index contributed by atoms with van der Waals surface area (Å²) in [7, 11) is 0. The Morgan fingerprint density at radius 1 is 1.29 bits per heavy atom. The largest absolute Gasteiger partial charge is 0.483 e. The molecule has 3 aromatic rings. The van der Waals surface area contributed by atoms with E-state index in [9.17, 15) is 18.0 Å². The number of aromatic nitrogens is 2. The number of ether oxygens (including phenoxy) is 1. The van der Waals surface area contributed by atoms with E-state index in [4.69, 9.17) is 0 Å². The highest BCUT2D eigenvalue weighted by atomic mass is 19.4. The number of pyridine rings is 1. The number of carbonyl (C=O) groups is 1. The first kappa shape index (κ1) is 19.5. The fraction of sp³-hybridized carbons (Fsp3) is 0.200. The van der Waals surface area contributed by atoms with E-state index in [1.54, 1.807) is 13.0 Å². The highest BCUT2D eigenvalue weighted by Crippen LogP contribution is 2.20. The summed E-state index contributed by atoms with van der Waals surface area (Å²) in [6.45, 7) is 0.356. The third kappa shape index (κ3) is 5.12. The lowest BCUT2D eigenvalue weighted by molar-refractivity contribution is -0.153. The summed E-state index contributed by atoms with van der Waals surface area (Å²) in [4.78, 5) is 19.3. The second-order valence-corrected chi connectivity index (χ2v) is 6.18. The topological polar surface area (TPSA) is 67.0 Å². The number of hydrogen-bond acceptors (Lipinski definition) is 3. The number of alkyl halides is 3. The molecule has 8 heteroatoms. The summed E-state index contributed by atoms with van der Waals surface area (Å²) in [6.07, 6.45) is 1.75. The molecule has 1 aromatic carbocycles. The summed E-state index contributed by atoms with van der Waals surface area (Å²) < 4.78 is 41.1. The van der Waals surface area contributed by atoms with Crippen molar-refractivity contribution in [3.8, 4) is 5.75 Å². The molecule has 0 spiro atoms. The second kappa shape index (κ2) is 8.16. The molecule has 2 aromatic heterocycles. The number of H-pyrrole nitrogens is 1. The van der Waals surface area contributed by atoms with Crippen molar-refractivity contribution in [2.24, 2.45) is 0 Å². The van der Waals surface area contributed by atoms with Crippen LogP contribution < -0.4 is 10.1 Å². The van der Waals surface area contributed by atoms with Crippen molar-refractivity contribution in [2.75, 3.05) is 6.61 Å². The normalized spacial score (nSPS) is 13.0. The molecule has 1 atom stereocenters. The minimum Gasteiger partial charge on any atom is -0.483 e. The van der Waals surface area contributed by atoms with E-state index < -0.39 is 18.8 Å². The van der Waals surface area contributed by atoms with Crippen LogP contribution >= 0.6 is 0 Å². The Kier molecular flexibility index (Phi) is 5.67. The van der Waals surface area contributed by atoms with Crippen LogP contribution in [0.2, 0.25) is 0 Å². The number of nitrogens with zero attached hydrogens (tertiary/aromatic N) is 1. The smallest absolute Gasteiger partial charge is 0.422 e. The fourth-order valence-corrected chi connectivity index (χ4v) is 2.63. The first-order chi connectivity index (χ1) is 13.3. The molecule has 5 nitrogen and oxygen atoms in total. The zero-order valence-electron chi connectivity index (χ0n) is 15.0. The van der Waals surface area contributed by atoms with E-state index in [0.717, 1.165) is 16.5 Å². The van der Waals surface area contributed by atoms with Crippen LogP contribution in [0.3, 0.4) is 0 Å². The van der Waals surface area contributed by atoms with Crippen molar-refractivity contribution in [3.05, 3.63) is 66.1 Å². The third-order valence-electron chi connectivity index (χ3n) is 4.00. The first-order valence-electron chi connectivity index (χ1n) is 8.52. The van der Waals surface area contributed by atoms with Crippen molar-refractivity contribution < 1.29 is 22.7 Å². The van der Waals surface area contributed by atoms with Gasteiger partial charge in [-0.25, -0.2) is 0 Å². The molecule has 0 aliphatic rings. The molecule has 1 unspecified atom stereocenters. The van der Waals surface area contributed by atoms with E-state index in [-0.39, 0.29) is 11.7 Å². The van der Waals surface area contributed by atoms with Gasteiger partial charge in [0.05, 0.1) is 17.9 Å². The number of carbonyl (C=O) groups excluding carboxylic acids is 1. The van der Waals surface area contributed by atoms with Crippen molar-refractivity contribution in [2.45, 2.75) is 19.1 Å². The van der Waals surface area contributed by atoms with Crippen molar-refractivity contribution in [3.63, 3.8) is 0 Å². The fourth-order valence-electron chi connectivity index (χ4n) is 2.63. The van der Waals surface area contributed by atoms with Crippen LogP contribution in [0.1, 0.15) is 24.2 Å². The van der Waals surface area contributed by atoms with E-state index >= 15 is 0 Å². The quantitative estimate of drug-likeness (QED) is 0.615. The van der Waals surface area contributed by atoms with Gasteiger partial charge in [0.1, 0.15) is 5.75 Å². The zero-order valence-corrected chi connectivity index (χ0v) is 15.0. The van der Waals surface area contributed by atoms with Gasteiger partial charge in [0.25, 0.3) is 0 Å². The third-order valence-corrected chi connectivity index (χ3v) is 4.00. The van der Waals surface area contributed by atoms with E-state index in [2.05, 4.69) is 20.0 Å². The van der Waals surface area contributed by atoms with Crippen LogP contribution in [0.25, 0.3) is 17.0 Å². The molecule has 146 valence electrons. The van der Waals surface area contributed by atoms with Gasteiger partial charge in [0.2, 0.25) is 5.91 Å². The van der Waals surface area contributed by atoms with Gasteiger partial charge in [-0.1, -0.05) is 18.2 Å². The predicted octanol–water partition coefficient (Wildman–Crippen LogP) is 4.39.